The van der Waals surface area contributed by atoms with E-state index in [1.54, 1.807) is 21.6 Å². The van der Waals surface area contributed by atoms with Gasteiger partial charge in [0.15, 0.2) is 0 Å². The van der Waals surface area contributed by atoms with Crippen LogP contribution < -0.4 is 10.1 Å². The number of aromatic nitrogens is 5. The molecule has 0 radical (unpaired) electrons. The minimum Gasteiger partial charge on any atom is -0.473 e. The molecule has 0 aliphatic heterocycles. The van der Waals surface area contributed by atoms with Gasteiger partial charge in [-0.15, -0.1) is 0 Å². The third-order valence-electron chi connectivity index (χ3n) is 4.55. The third kappa shape index (κ3) is 3.17. The van der Waals surface area contributed by atoms with Gasteiger partial charge in [-0.3, -0.25) is 9.48 Å². The number of nitrogens with one attached hydrogen (secondary N) is 1. The van der Waals surface area contributed by atoms with Crippen LogP contribution in [0.3, 0.4) is 0 Å². The molecule has 1 aliphatic rings. The van der Waals surface area contributed by atoms with Crippen LogP contribution in [0.2, 0.25) is 0 Å². The highest BCUT2D eigenvalue weighted by Crippen LogP contribution is 2.28. The van der Waals surface area contributed by atoms with E-state index in [-0.39, 0.29) is 18.1 Å². The lowest BCUT2D eigenvalue weighted by atomic mass is 10.2. The Morgan fingerprint density at radius 2 is 2.27 bits per heavy atom. The lowest BCUT2D eigenvalue weighted by molar-refractivity contribution is -0.117. The lowest BCUT2D eigenvalue weighted by Gasteiger charge is -2.15. The van der Waals surface area contributed by atoms with Crippen molar-refractivity contribution in [3.05, 3.63) is 43.5 Å². The van der Waals surface area contributed by atoms with Crippen molar-refractivity contribution in [2.45, 2.75) is 31.4 Å². The second-order valence-corrected chi connectivity index (χ2v) is 6.46. The zero-order valence-corrected chi connectivity index (χ0v) is 14.5. The van der Waals surface area contributed by atoms with Crippen LogP contribution in [0, 0.1) is 0 Å². The molecule has 1 aliphatic carbocycles. The predicted octanol–water partition coefficient (Wildman–Crippen LogP) is 1.73. The number of carbonyl (C=O) groups excluding carboxylic acids is 1. The molecule has 0 saturated heterocycles. The Balaban J connectivity index is 1.57. The number of carbonyl (C=O) groups is 1. The Hall–Kier alpha value is -3.16. The van der Waals surface area contributed by atoms with Gasteiger partial charge in [-0.05, 0) is 25.0 Å². The molecule has 134 valence electrons. The van der Waals surface area contributed by atoms with Crippen molar-refractivity contribution in [1.29, 1.82) is 0 Å². The van der Waals surface area contributed by atoms with Crippen molar-refractivity contribution in [2.24, 2.45) is 7.05 Å². The van der Waals surface area contributed by atoms with Crippen molar-refractivity contribution in [2.75, 3.05) is 0 Å². The lowest BCUT2D eigenvalue weighted by Crippen LogP contribution is -2.32. The molecule has 3 heterocycles. The molecule has 0 spiro atoms. The maximum absolute atomic E-state index is 11.5. The SMILES string of the molecule is C=CC(=O)N[C@H]1CC[C@H](Oc2nc(-c3cnn(C)c3)cn3nccc23)C1. The number of fused-ring (bicyclic) bond motifs is 1. The van der Waals surface area contributed by atoms with Crippen molar-refractivity contribution in [3.8, 4) is 17.1 Å². The van der Waals surface area contributed by atoms with Crippen molar-refractivity contribution >= 4 is 11.4 Å². The van der Waals surface area contributed by atoms with E-state index in [1.165, 1.54) is 6.08 Å². The Bertz CT molecular complexity index is 960. The van der Waals surface area contributed by atoms with Crippen LogP contribution in [0.15, 0.2) is 43.5 Å². The van der Waals surface area contributed by atoms with E-state index in [2.05, 4.69) is 27.1 Å². The zero-order chi connectivity index (χ0) is 18.1. The molecule has 26 heavy (non-hydrogen) atoms. The third-order valence-corrected chi connectivity index (χ3v) is 4.55. The molecule has 1 N–H and O–H groups in total. The van der Waals surface area contributed by atoms with Gasteiger partial charge in [0.2, 0.25) is 11.8 Å². The van der Waals surface area contributed by atoms with Crippen LogP contribution in [0.5, 0.6) is 5.88 Å². The monoisotopic (exact) mass is 352 g/mol. The summed E-state index contributed by atoms with van der Waals surface area (Å²) in [5.74, 6) is 0.398. The molecule has 8 heteroatoms. The predicted molar refractivity (Wildman–Crippen MR) is 95.6 cm³/mol. The highest BCUT2D eigenvalue weighted by molar-refractivity contribution is 5.87. The van der Waals surface area contributed by atoms with Gasteiger partial charge in [0.05, 0.1) is 24.3 Å². The first kappa shape index (κ1) is 16.3. The van der Waals surface area contributed by atoms with E-state index in [9.17, 15) is 4.79 Å². The first-order valence-electron chi connectivity index (χ1n) is 8.55. The van der Waals surface area contributed by atoms with E-state index in [0.29, 0.717) is 5.88 Å². The van der Waals surface area contributed by atoms with Crippen LogP contribution in [-0.4, -0.2) is 42.4 Å². The summed E-state index contributed by atoms with van der Waals surface area (Å²) in [5.41, 5.74) is 2.47. The van der Waals surface area contributed by atoms with E-state index in [0.717, 1.165) is 36.0 Å². The molecule has 0 bridgehead atoms. The molecular weight excluding hydrogens is 332 g/mol. The van der Waals surface area contributed by atoms with Crippen LogP contribution in [0.4, 0.5) is 0 Å². The Labute approximate surface area is 150 Å². The van der Waals surface area contributed by atoms with Crippen molar-refractivity contribution in [3.63, 3.8) is 0 Å². The molecule has 1 saturated carbocycles. The summed E-state index contributed by atoms with van der Waals surface area (Å²) in [4.78, 5) is 16.2. The van der Waals surface area contributed by atoms with E-state index in [4.69, 9.17) is 4.74 Å². The van der Waals surface area contributed by atoms with Gasteiger partial charge in [-0.1, -0.05) is 6.58 Å². The summed E-state index contributed by atoms with van der Waals surface area (Å²) in [6.45, 7) is 3.49. The van der Waals surface area contributed by atoms with E-state index in [1.807, 2.05) is 25.5 Å². The molecule has 1 fully saturated rings. The number of rotatable bonds is 5. The molecule has 3 aromatic rings. The highest BCUT2D eigenvalue weighted by atomic mass is 16.5. The molecule has 0 unspecified atom stereocenters. The summed E-state index contributed by atoms with van der Waals surface area (Å²) in [6, 6.07) is 1.98. The van der Waals surface area contributed by atoms with E-state index >= 15 is 0 Å². The summed E-state index contributed by atoms with van der Waals surface area (Å²) < 4.78 is 9.68. The fourth-order valence-corrected chi connectivity index (χ4v) is 3.27. The number of hydrogen-bond acceptors (Lipinski definition) is 5. The van der Waals surface area contributed by atoms with Crippen LogP contribution in [0.1, 0.15) is 19.3 Å². The molecule has 1 amide bonds. The van der Waals surface area contributed by atoms with Gasteiger partial charge in [0, 0.05) is 31.3 Å². The average molecular weight is 352 g/mol. The van der Waals surface area contributed by atoms with Gasteiger partial charge >= 0.3 is 0 Å². The average Bonchev–Trinajstić information content (AvgIpc) is 3.35. The smallest absolute Gasteiger partial charge is 0.243 e. The number of aryl methyl sites for hydroxylation is 1. The fraction of sp³-hybridized carbons (Fsp3) is 0.333. The van der Waals surface area contributed by atoms with Gasteiger partial charge in [-0.2, -0.15) is 10.2 Å². The van der Waals surface area contributed by atoms with Crippen LogP contribution >= 0.6 is 0 Å². The summed E-state index contributed by atoms with van der Waals surface area (Å²) >= 11 is 0. The Morgan fingerprint density at radius 1 is 1.38 bits per heavy atom. The van der Waals surface area contributed by atoms with Gasteiger partial charge in [-0.25, -0.2) is 9.50 Å². The van der Waals surface area contributed by atoms with E-state index < -0.39 is 0 Å². The molecule has 2 atom stereocenters. The molecule has 0 aromatic carbocycles. The minimum atomic E-state index is -0.148. The molecule has 4 rings (SSSR count). The first-order valence-corrected chi connectivity index (χ1v) is 8.55. The zero-order valence-electron chi connectivity index (χ0n) is 14.5. The number of nitrogens with zero attached hydrogens (tertiary/aromatic N) is 5. The minimum absolute atomic E-state index is 0.000429. The highest BCUT2D eigenvalue weighted by Gasteiger charge is 2.28. The molecular formula is C18H20N6O2. The number of amides is 1. The Kier molecular flexibility index (Phi) is 4.16. The normalized spacial score (nSPS) is 19.6. The van der Waals surface area contributed by atoms with Crippen LogP contribution in [-0.2, 0) is 11.8 Å². The fourth-order valence-electron chi connectivity index (χ4n) is 3.27. The quantitative estimate of drug-likeness (QED) is 0.707. The summed E-state index contributed by atoms with van der Waals surface area (Å²) in [6.07, 6.45) is 11.0. The number of ether oxygens (including phenoxy) is 1. The van der Waals surface area contributed by atoms with Gasteiger partial charge in [0.1, 0.15) is 11.6 Å². The largest absolute Gasteiger partial charge is 0.473 e. The maximum Gasteiger partial charge on any atom is 0.243 e. The Morgan fingerprint density at radius 3 is 3.04 bits per heavy atom. The standard InChI is InChI=1S/C18H20N6O2/c1-3-17(25)21-13-4-5-14(8-13)26-18-16-6-7-19-24(16)11-15(22-18)12-9-20-23(2)10-12/h3,6-7,9-11,13-14H,1,4-5,8H2,2H3,(H,21,25)/t13-,14-/m0/s1. The van der Waals surface area contributed by atoms with Crippen LogP contribution in [0.25, 0.3) is 16.8 Å². The number of hydrogen-bond donors (Lipinski definition) is 1. The second kappa shape index (κ2) is 6.62. The summed E-state index contributed by atoms with van der Waals surface area (Å²) in [7, 11) is 1.86. The van der Waals surface area contributed by atoms with Gasteiger partial charge in [0.25, 0.3) is 0 Å². The van der Waals surface area contributed by atoms with Crippen molar-refractivity contribution in [1.82, 2.24) is 29.7 Å². The van der Waals surface area contributed by atoms with Crippen molar-refractivity contribution < 1.29 is 9.53 Å². The maximum atomic E-state index is 11.5. The first-order chi connectivity index (χ1) is 12.6. The molecule has 3 aromatic heterocycles. The summed E-state index contributed by atoms with van der Waals surface area (Å²) in [5, 5.41) is 11.4. The molecule has 8 nitrogen and oxygen atoms in total. The van der Waals surface area contributed by atoms with Gasteiger partial charge < -0.3 is 10.1 Å². The topological polar surface area (TPSA) is 86.3 Å². The second-order valence-electron chi connectivity index (χ2n) is 6.46.